The highest BCUT2D eigenvalue weighted by Crippen LogP contribution is 2.27. The molecule has 0 bridgehead atoms. The van der Waals surface area contributed by atoms with Crippen molar-refractivity contribution in [3.63, 3.8) is 0 Å². The van der Waals surface area contributed by atoms with E-state index in [0.717, 1.165) is 16.5 Å². The number of aromatic nitrogens is 3. The third-order valence-electron chi connectivity index (χ3n) is 4.88. The molecule has 0 spiro atoms. The minimum Gasteiger partial charge on any atom is -0.469 e. The van der Waals surface area contributed by atoms with Crippen molar-refractivity contribution >= 4 is 28.6 Å². The standard InChI is InChI=1S/C23H21N5O3/c1-31-19(29)12-15-6-2-3-8-18(15)26-23(30)22-27-20(17-9-10-25-21(17)28-22)16-7-4-5-14(11-16)13-24/h2-11H,12-13,24H2,1H3,(H,26,30)(H,25,27,28). The largest absolute Gasteiger partial charge is 0.469 e. The number of aromatic amines is 1. The second-order valence-corrected chi connectivity index (χ2v) is 6.90. The number of para-hydroxylation sites is 1. The molecule has 0 saturated heterocycles. The third-order valence-corrected chi connectivity index (χ3v) is 4.88. The summed E-state index contributed by atoms with van der Waals surface area (Å²) in [6, 6.07) is 16.6. The molecule has 0 atom stereocenters. The van der Waals surface area contributed by atoms with Gasteiger partial charge >= 0.3 is 5.97 Å². The number of benzene rings is 2. The maximum Gasteiger partial charge on any atom is 0.310 e. The molecule has 4 aromatic rings. The van der Waals surface area contributed by atoms with Gasteiger partial charge in [0.25, 0.3) is 5.91 Å². The number of amides is 1. The summed E-state index contributed by atoms with van der Waals surface area (Å²) in [6.45, 7) is 0.402. The first kappa shape index (κ1) is 20.2. The molecule has 0 radical (unpaired) electrons. The van der Waals surface area contributed by atoms with Crippen LogP contribution >= 0.6 is 0 Å². The lowest BCUT2D eigenvalue weighted by atomic mass is 10.1. The Morgan fingerprint density at radius 3 is 2.74 bits per heavy atom. The van der Waals surface area contributed by atoms with Crippen LogP contribution in [0.15, 0.2) is 60.8 Å². The van der Waals surface area contributed by atoms with Gasteiger partial charge in [-0.15, -0.1) is 0 Å². The van der Waals surface area contributed by atoms with Gasteiger partial charge in [-0.2, -0.15) is 0 Å². The third kappa shape index (κ3) is 4.29. The van der Waals surface area contributed by atoms with Gasteiger partial charge in [-0.05, 0) is 29.3 Å². The first-order valence-corrected chi connectivity index (χ1v) is 9.69. The van der Waals surface area contributed by atoms with Crippen LogP contribution in [0.1, 0.15) is 21.7 Å². The van der Waals surface area contributed by atoms with Crippen molar-refractivity contribution in [1.29, 1.82) is 0 Å². The van der Waals surface area contributed by atoms with Crippen molar-refractivity contribution in [2.45, 2.75) is 13.0 Å². The van der Waals surface area contributed by atoms with Gasteiger partial charge in [0.1, 0.15) is 5.65 Å². The molecule has 2 aromatic heterocycles. The van der Waals surface area contributed by atoms with Crippen molar-refractivity contribution in [2.24, 2.45) is 5.73 Å². The minimum absolute atomic E-state index is 0.0102. The van der Waals surface area contributed by atoms with Crippen molar-refractivity contribution in [3.8, 4) is 11.3 Å². The van der Waals surface area contributed by atoms with Gasteiger partial charge in [-0.3, -0.25) is 9.59 Å². The van der Waals surface area contributed by atoms with Gasteiger partial charge < -0.3 is 20.8 Å². The number of fused-ring (bicyclic) bond motifs is 1. The van der Waals surface area contributed by atoms with Crippen LogP contribution in [0.25, 0.3) is 22.3 Å². The van der Waals surface area contributed by atoms with Crippen LogP contribution in [0.3, 0.4) is 0 Å². The number of methoxy groups -OCH3 is 1. The molecule has 0 aliphatic heterocycles. The fourth-order valence-electron chi connectivity index (χ4n) is 3.31. The Balaban J connectivity index is 1.71. The van der Waals surface area contributed by atoms with Gasteiger partial charge in [0.2, 0.25) is 5.82 Å². The molecule has 8 nitrogen and oxygen atoms in total. The molecule has 2 aromatic carbocycles. The molecule has 0 aliphatic rings. The van der Waals surface area contributed by atoms with Crippen molar-refractivity contribution in [2.75, 3.05) is 12.4 Å². The van der Waals surface area contributed by atoms with Crippen LogP contribution in [0, 0.1) is 0 Å². The molecule has 1 amide bonds. The Bertz CT molecular complexity index is 1270. The highest BCUT2D eigenvalue weighted by Gasteiger charge is 2.18. The number of ether oxygens (including phenoxy) is 1. The normalized spacial score (nSPS) is 10.8. The van der Waals surface area contributed by atoms with Crippen molar-refractivity contribution in [3.05, 3.63) is 77.7 Å². The summed E-state index contributed by atoms with van der Waals surface area (Å²) in [5.74, 6) is -0.867. The zero-order valence-corrected chi connectivity index (χ0v) is 16.9. The number of anilines is 1. The van der Waals surface area contributed by atoms with E-state index in [1.165, 1.54) is 7.11 Å². The molecule has 8 heteroatoms. The molecule has 0 aliphatic carbocycles. The maximum absolute atomic E-state index is 13.0. The summed E-state index contributed by atoms with van der Waals surface area (Å²) < 4.78 is 4.73. The van der Waals surface area contributed by atoms with Crippen LogP contribution in [-0.2, 0) is 22.5 Å². The lowest BCUT2D eigenvalue weighted by Crippen LogP contribution is -2.18. The molecule has 156 valence electrons. The van der Waals surface area contributed by atoms with Gasteiger partial charge in [-0.25, -0.2) is 9.97 Å². The number of nitrogens with zero attached hydrogens (tertiary/aromatic N) is 2. The van der Waals surface area contributed by atoms with Crippen LogP contribution in [0.4, 0.5) is 5.69 Å². The van der Waals surface area contributed by atoms with E-state index in [1.54, 1.807) is 30.5 Å². The predicted molar refractivity (Wildman–Crippen MR) is 117 cm³/mol. The molecule has 4 N–H and O–H groups in total. The molecule has 0 unspecified atom stereocenters. The first-order valence-electron chi connectivity index (χ1n) is 9.69. The molecule has 0 saturated carbocycles. The van der Waals surface area contributed by atoms with E-state index in [9.17, 15) is 9.59 Å². The van der Waals surface area contributed by atoms with Gasteiger partial charge in [0, 0.05) is 29.4 Å². The zero-order chi connectivity index (χ0) is 21.8. The summed E-state index contributed by atoms with van der Waals surface area (Å²) in [5.41, 5.74) is 9.90. The number of hydrogen-bond acceptors (Lipinski definition) is 6. The number of nitrogens with one attached hydrogen (secondary N) is 2. The number of esters is 1. The number of carbonyl (C=O) groups excluding carboxylic acids is 2. The van der Waals surface area contributed by atoms with Crippen LogP contribution in [0.5, 0.6) is 0 Å². The number of H-pyrrole nitrogens is 1. The van der Waals surface area contributed by atoms with E-state index in [2.05, 4.69) is 20.3 Å². The number of carbonyl (C=O) groups is 2. The summed E-state index contributed by atoms with van der Waals surface area (Å²) >= 11 is 0. The topological polar surface area (TPSA) is 123 Å². The lowest BCUT2D eigenvalue weighted by molar-refractivity contribution is -0.139. The summed E-state index contributed by atoms with van der Waals surface area (Å²) in [4.78, 5) is 36.7. The van der Waals surface area contributed by atoms with Gasteiger partial charge in [0.05, 0.1) is 19.2 Å². The van der Waals surface area contributed by atoms with E-state index in [-0.39, 0.29) is 12.2 Å². The highest BCUT2D eigenvalue weighted by molar-refractivity contribution is 6.04. The van der Waals surface area contributed by atoms with Gasteiger partial charge in [0.15, 0.2) is 0 Å². The smallest absolute Gasteiger partial charge is 0.310 e. The quantitative estimate of drug-likeness (QED) is 0.416. The van der Waals surface area contributed by atoms with Crippen molar-refractivity contribution in [1.82, 2.24) is 15.0 Å². The average Bonchev–Trinajstić information content (AvgIpc) is 3.28. The van der Waals surface area contributed by atoms with Crippen LogP contribution < -0.4 is 11.1 Å². The minimum atomic E-state index is -0.481. The molecule has 4 rings (SSSR count). The SMILES string of the molecule is COC(=O)Cc1ccccc1NC(=O)c1nc(-c2cccc(CN)c2)c2cc[nH]c2n1. The summed E-state index contributed by atoms with van der Waals surface area (Å²) in [7, 11) is 1.32. The number of hydrogen-bond donors (Lipinski definition) is 3. The Labute approximate surface area is 178 Å². The predicted octanol–water partition coefficient (Wildman–Crippen LogP) is 3.05. The Morgan fingerprint density at radius 1 is 1.10 bits per heavy atom. The van der Waals surface area contributed by atoms with E-state index in [0.29, 0.717) is 29.1 Å². The number of rotatable bonds is 6. The fraction of sp³-hybridized carbons (Fsp3) is 0.130. The summed E-state index contributed by atoms with van der Waals surface area (Å²) in [5, 5.41) is 3.61. The fourth-order valence-corrected chi connectivity index (χ4v) is 3.31. The van der Waals surface area contributed by atoms with E-state index >= 15 is 0 Å². The van der Waals surface area contributed by atoms with Gasteiger partial charge in [-0.1, -0.05) is 36.4 Å². The average molecular weight is 415 g/mol. The van der Waals surface area contributed by atoms with Crippen molar-refractivity contribution < 1.29 is 14.3 Å². The second-order valence-electron chi connectivity index (χ2n) is 6.90. The monoisotopic (exact) mass is 415 g/mol. The molecule has 2 heterocycles. The first-order chi connectivity index (χ1) is 15.1. The highest BCUT2D eigenvalue weighted by atomic mass is 16.5. The summed E-state index contributed by atoms with van der Waals surface area (Å²) in [6.07, 6.45) is 1.80. The Hall–Kier alpha value is -4.04. The zero-order valence-electron chi connectivity index (χ0n) is 16.9. The van der Waals surface area contributed by atoms with E-state index in [1.807, 2.05) is 30.3 Å². The van der Waals surface area contributed by atoms with Crippen LogP contribution in [-0.4, -0.2) is 33.9 Å². The van der Waals surface area contributed by atoms with E-state index < -0.39 is 11.9 Å². The second kappa shape index (κ2) is 8.76. The Morgan fingerprint density at radius 2 is 1.94 bits per heavy atom. The maximum atomic E-state index is 13.0. The molecular formula is C23H21N5O3. The Kier molecular flexibility index (Phi) is 5.72. The number of nitrogens with two attached hydrogens (primary N) is 1. The molecule has 0 fully saturated rings. The molecular weight excluding hydrogens is 394 g/mol. The van der Waals surface area contributed by atoms with Crippen LogP contribution in [0.2, 0.25) is 0 Å². The lowest BCUT2D eigenvalue weighted by Gasteiger charge is -2.11. The molecule has 31 heavy (non-hydrogen) atoms. The van der Waals surface area contributed by atoms with E-state index in [4.69, 9.17) is 10.5 Å².